The summed E-state index contributed by atoms with van der Waals surface area (Å²) in [5.74, 6) is 0.511. The lowest BCUT2D eigenvalue weighted by molar-refractivity contribution is 0.734. The molecule has 0 saturated heterocycles. The molecule has 20 heavy (non-hydrogen) atoms. The quantitative estimate of drug-likeness (QED) is 0.680. The van der Waals surface area contributed by atoms with E-state index in [1.165, 1.54) is 5.56 Å². The van der Waals surface area contributed by atoms with Crippen molar-refractivity contribution < 1.29 is 0 Å². The largest absolute Gasteiger partial charge is 0.354 e. The Bertz CT molecular complexity index is 845. The first-order valence-electron chi connectivity index (χ1n) is 7.16. The predicted molar refractivity (Wildman–Crippen MR) is 85.5 cm³/mol. The van der Waals surface area contributed by atoms with Gasteiger partial charge in [-0.1, -0.05) is 31.5 Å². The van der Waals surface area contributed by atoms with Crippen molar-refractivity contribution in [1.82, 2.24) is 4.98 Å². The van der Waals surface area contributed by atoms with E-state index in [9.17, 15) is 4.79 Å². The van der Waals surface area contributed by atoms with Crippen molar-refractivity contribution in [1.29, 1.82) is 0 Å². The number of nitrogens with one attached hydrogen (secondary N) is 1. The van der Waals surface area contributed by atoms with E-state index in [0.717, 1.165) is 33.8 Å². The number of fused-ring (bicyclic) bond motifs is 2. The molecule has 0 aliphatic carbocycles. The zero-order chi connectivity index (χ0) is 14.3. The predicted octanol–water partition coefficient (Wildman–Crippen LogP) is 4.50. The first-order valence-corrected chi connectivity index (χ1v) is 7.16. The second kappa shape index (κ2) is 4.78. The Morgan fingerprint density at radius 3 is 2.60 bits per heavy atom. The number of hydrogen-bond acceptors (Lipinski definition) is 1. The standard InChI is InChI=1S/C18H19NO/c1-4-12(3)13-6-7-14-17(10-13)19-16-8-5-11(2)9-15(16)18(14)20/h5-10,12H,4H2,1-3H3,(H,19,20). The van der Waals surface area contributed by atoms with Gasteiger partial charge in [0.25, 0.3) is 0 Å². The highest BCUT2D eigenvalue weighted by molar-refractivity contribution is 5.92. The highest BCUT2D eigenvalue weighted by Gasteiger charge is 2.08. The maximum absolute atomic E-state index is 12.6. The molecule has 3 rings (SSSR count). The first kappa shape index (κ1) is 12.9. The molecule has 3 aromatic rings. The fourth-order valence-electron chi connectivity index (χ4n) is 2.65. The normalized spacial score (nSPS) is 12.9. The first-order chi connectivity index (χ1) is 9.60. The van der Waals surface area contributed by atoms with Crippen LogP contribution in [0.25, 0.3) is 21.8 Å². The zero-order valence-electron chi connectivity index (χ0n) is 12.2. The summed E-state index contributed by atoms with van der Waals surface area (Å²) in [6.07, 6.45) is 1.10. The van der Waals surface area contributed by atoms with Crippen LogP contribution in [0.3, 0.4) is 0 Å². The Balaban J connectivity index is 2.35. The minimum atomic E-state index is 0.119. The van der Waals surface area contributed by atoms with Crippen LogP contribution < -0.4 is 5.43 Å². The fourth-order valence-corrected chi connectivity index (χ4v) is 2.65. The monoisotopic (exact) mass is 265 g/mol. The Labute approximate surface area is 118 Å². The van der Waals surface area contributed by atoms with E-state index in [1.54, 1.807) is 0 Å². The topological polar surface area (TPSA) is 32.9 Å². The number of aromatic nitrogens is 1. The van der Waals surface area contributed by atoms with E-state index >= 15 is 0 Å². The SMILES string of the molecule is CCC(C)c1ccc2c(=O)c3cc(C)ccc3[nH]c2c1. The van der Waals surface area contributed by atoms with Crippen LogP contribution in [0.15, 0.2) is 41.2 Å². The summed E-state index contributed by atoms with van der Waals surface area (Å²) in [7, 11) is 0. The molecule has 1 N–H and O–H groups in total. The molecule has 0 radical (unpaired) electrons. The van der Waals surface area contributed by atoms with Gasteiger partial charge in [0.2, 0.25) is 0 Å². The van der Waals surface area contributed by atoms with Crippen LogP contribution >= 0.6 is 0 Å². The number of H-pyrrole nitrogens is 1. The Morgan fingerprint density at radius 1 is 1.05 bits per heavy atom. The van der Waals surface area contributed by atoms with Gasteiger partial charge in [-0.2, -0.15) is 0 Å². The Morgan fingerprint density at radius 2 is 1.85 bits per heavy atom. The second-order valence-electron chi connectivity index (χ2n) is 5.62. The van der Waals surface area contributed by atoms with Gasteiger partial charge in [-0.3, -0.25) is 4.79 Å². The van der Waals surface area contributed by atoms with Crippen molar-refractivity contribution in [2.24, 2.45) is 0 Å². The van der Waals surface area contributed by atoms with Crippen molar-refractivity contribution in [3.63, 3.8) is 0 Å². The lowest BCUT2D eigenvalue weighted by Gasteiger charge is -2.10. The molecule has 0 fully saturated rings. The average molecular weight is 265 g/mol. The van der Waals surface area contributed by atoms with Gasteiger partial charge >= 0.3 is 0 Å². The van der Waals surface area contributed by atoms with Gasteiger partial charge in [-0.15, -0.1) is 0 Å². The van der Waals surface area contributed by atoms with Gasteiger partial charge in [-0.05, 0) is 49.1 Å². The zero-order valence-corrected chi connectivity index (χ0v) is 12.2. The second-order valence-corrected chi connectivity index (χ2v) is 5.62. The minimum absolute atomic E-state index is 0.119. The lowest BCUT2D eigenvalue weighted by atomic mass is 9.97. The third-order valence-corrected chi connectivity index (χ3v) is 4.16. The molecule has 102 valence electrons. The van der Waals surface area contributed by atoms with Gasteiger partial charge in [0.15, 0.2) is 5.43 Å². The van der Waals surface area contributed by atoms with Gasteiger partial charge in [0, 0.05) is 16.3 Å². The highest BCUT2D eigenvalue weighted by atomic mass is 16.1. The smallest absolute Gasteiger partial charge is 0.197 e. The summed E-state index contributed by atoms with van der Waals surface area (Å²) in [6.45, 7) is 6.40. The Kier molecular flexibility index (Phi) is 3.09. The van der Waals surface area contributed by atoms with Crippen molar-refractivity contribution in [2.45, 2.75) is 33.1 Å². The van der Waals surface area contributed by atoms with Crippen LogP contribution in [0.1, 0.15) is 37.3 Å². The fraction of sp³-hybridized carbons (Fsp3) is 0.278. The third-order valence-electron chi connectivity index (χ3n) is 4.16. The molecule has 2 heteroatoms. The summed E-state index contributed by atoms with van der Waals surface area (Å²) in [5, 5.41) is 1.55. The number of benzene rings is 2. The van der Waals surface area contributed by atoms with Gasteiger partial charge in [-0.25, -0.2) is 0 Å². The van der Waals surface area contributed by atoms with E-state index in [-0.39, 0.29) is 5.43 Å². The molecule has 2 aromatic carbocycles. The third kappa shape index (κ3) is 2.01. The molecule has 0 aliphatic heterocycles. The molecule has 0 spiro atoms. The molecule has 0 amide bonds. The van der Waals surface area contributed by atoms with Crippen LogP contribution in [0, 0.1) is 6.92 Å². The maximum Gasteiger partial charge on any atom is 0.197 e. The van der Waals surface area contributed by atoms with E-state index in [4.69, 9.17) is 0 Å². The summed E-state index contributed by atoms with van der Waals surface area (Å²) < 4.78 is 0. The summed E-state index contributed by atoms with van der Waals surface area (Å²) in [5.41, 5.74) is 4.35. The molecular weight excluding hydrogens is 246 g/mol. The van der Waals surface area contributed by atoms with Gasteiger partial charge in [0.05, 0.1) is 5.52 Å². The molecule has 1 aromatic heterocycles. The number of aryl methyl sites for hydroxylation is 1. The number of aromatic amines is 1. The summed E-state index contributed by atoms with van der Waals surface area (Å²) in [4.78, 5) is 16.0. The van der Waals surface area contributed by atoms with E-state index < -0.39 is 0 Å². The molecule has 0 saturated carbocycles. The van der Waals surface area contributed by atoms with E-state index in [2.05, 4.69) is 31.0 Å². The molecule has 0 bridgehead atoms. The molecule has 0 aliphatic rings. The van der Waals surface area contributed by atoms with E-state index in [0.29, 0.717) is 5.92 Å². The van der Waals surface area contributed by atoms with Crippen LogP contribution in [-0.2, 0) is 0 Å². The molecule has 2 nitrogen and oxygen atoms in total. The van der Waals surface area contributed by atoms with E-state index in [1.807, 2.05) is 31.2 Å². The summed E-state index contributed by atoms with van der Waals surface area (Å²) in [6, 6.07) is 12.1. The Hall–Kier alpha value is -2.09. The highest BCUT2D eigenvalue weighted by Crippen LogP contribution is 2.23. The maximum atomic E-state index is 12.6. The van der Waals surface area contributed by atoms with Gasteiger partial charge in [0.1, 0.15) is 0 Å². The number of pyridine rings is 1. The summed E-state index contributed by atoms with van der Waals surface area (Å²) >= 11 is 0. The van der Waals surface area contributed by atoms with Crippen LogP contribution in [0.2, 0.25) is 0 Å². The van der Waals surface area contributed by atoms with Crippen LogP contribution in [-0.4, -0.2) is 4.98 Å². The van der Waals surface area contributed by atoms with Crippen molar-refractivity contribution in [3.05, 3.63) is 57.7 Å². The van der Waals surface area contributed by atoms with Crippen molar-refractivity contribution >= 4 is 21.8 Å². The number of hydrogen-bond donors (Lipinski definition) is 1. The van der Waals surface area contributed by atoms with Crippen LogP contribution in [0.5, 0.6) is 0 Å². The molecule has 1 atom stereocenters. The van der Waals surface area contributed by atoms with Crippen molar-refractivity contribution in [2.75, 3.05) is 0 Å². The molecular formula is C18H19NO. The minimum Gasteiger partial charge on any atom is -0.354 e. The van der Waals surface area contributed by atoms with Crippen molar-refractivity contribution in [3.8, 4) is 0 Å². The van der Waals surface area contributed by atoms with Crippen LogP contribution in [0.4, 0.5) is 0 Å². The lowest BCUT2D eigenvalue weighted by Crippen LogP contribution is -2.05. The molecule has 1 unspecified atom stereocenters. The molecule has 1 heterocycles. The average Bonchev–Trinajstić information content (AvgIpc) is 2.47. The van der Waals surface area contributed by atoms with Gasteiger partial charge < -0.3 is 4.98 Å². The number of rotatable bonds is 2.